The number of ether oxygens (including phenoxy) is 1. The Morgan fingerprint density at radius 2 is 2.15 bits per heavy atom. The SMILES string of the molecule is COc1ccccc1CCN/C=C(/C#N)C(=O)NC(CCSC)C(=O)O. The van der Waals surface area contributed by atoms with E-state index in [-0.39, 0.29) is 5.57 Å². The number of nitrogens with one attached hydrogen (secondary N) is 2. The van der Waals surface area contributed by atoms with Gasteiger partial charge in [-0.3, -0.25) is 4.79 Å². The number of carboxylic acid groups (broad SMARTS) is 1. The minimum atomic E-state index is -1.12. The molecule has 1 aromatic rings. The van der Waals surface area contributed by atoms with Crippen LogP contribution in [0.15, 0.2) is 36.0 Å². The number of hydrogen-bond acceptors (Lipinski definition) is 6. The lowest BCUT2D eigenvalue weighted by atomic mass is 10.1. The van der Waals surface area contributed by atoms with Gasteiger partial charge in [0.2, 0.25) is 0 Å². The van der Waals surface area contributed by atoms with E-state index >= 15 is 0 Å². The van der Waals surface area contributed by atoms with Gasteiger partial charge < -0.3 is 20.5 Å². The summed E-state index contributed by atoms with van der Waals surface area (Å²) >= 11 is 1.49. The van der Waals surface area contributed by atoms with Crippen molar-refractivity contribution < 1.29 is 19.4 Å². The van der Waals surface area contributed by atoms with Crippen LogP contribution in [-0.2, 0) is 16.0 Å². The number of carboxylic acids is 1. The molecule has 0 spiro atoms. The van der Waals surface area contributed by atoms with Crippen molar-refractivity contribution in [1.82, 2.24) is 10.6 Å². The summed E-state index contributed by atoms with van der Waals surface area (Å²) in [5, 5.41) is 23.6. The fourth-order valence-corrected chi connectivity index (χ4v) is 2.64. The summed E-state index contributed by atoms with van der Waals surface area (Å²) in [7, 11) is 1.60. The van der Waals surface area contributed by atoms with Crippen LogP contribution in [0.25, 0.3) is 0 Å². The first kappa shape index (κ1) is 21.4. The molecule has 0 bridgehead atoms. The lowest BCUT2D eigenvalue weighted by Gasteiger charge is -2.13. The number of carbonyl (C=O) groups is 2. The van der Waals surface area contributed by atoms with Crippen molar-refractivity contribution in [2.75, 3.05) is 25.7 Å². The maximum atomic E-state index is 12.1. The van der Waals surface area contributed by atoms with Crippen LogP contribution in [0, 0.1) is 11.3 Å². The van der Waals surface area contributed by atoms with Crippen molar-refractivity contribution in [3.8, 4) is 11.8 Å². The largest absolute Gasteiger partial charge is 0.496 e. The van der Waals surface area contributed by atoms with Gasteiger partial charge >= 0.3 is 5.97 Å². The zero-order chi connectivity index (χ0) is 19.4. The molecule has 0 aliphatic rings. The van der Waals surface area contributed by atoms with Gasteiger partial charge in [0, 0.05) is 12.7 Å². The van der Waals surface area contributed by atoms with E-state index in [0.29, 0.717) is 25.1 Å². The molecule has 3 N–H and O–H groups in total. The third kappa shape index (κ3) is 7.07. The van der Waals surface area contributed by atoms with E-state index < -0.39 is 17.9 Å². The molecule has 140 valence electrons. The van der Waals surface area contributed by atoms with Crippen molar-refractivity contribution in [2.45, 2.75) is 18.9 Å². The average Bonchev–Trinajstić information content (AvgIpc) is 2.65. The second-order valence-corrected chi connectivity index (χ2v) is 6.32. The predicted octanol–water partition coefficient (Wildman–Crippen LogP) is 1.56. The molecule has 7 nitrogen and oxygen atoms in total. The summed E-state index contributed by atoms with van der Waals surface area (Å²) in [4.78, 5) is 23.3. The number of aliphatic carboxylic acids is 1. The van der Waals surface area contributed by atoms with Crippen molar-refractivity contribution in [3.05, 3.63) is 41.6 Å². The van der Waals surface area contributed by atoms with Gasteiger partial charge in [-0.2, -0.15) is 17.0 Å². The monoisotopic (exact) mass is 377 g/mol. The number of carbonyl (C=O) groups excluding carboxylic acids is 1. The number of hydrogen-bond donors (Lipinski definition) is 3. The molecule has 1 atom stereocenters. The number of thioether (sulfide) groups is 1. The number of benzene rings is 1. The molecule has 1 unspecified atom stereocenters. The Morgan fingerprint density at radius 1 is 1.42 bits per heavy atom. The first-order chi connectivity index (χ1) is 12.5. The van der Waals surface area contributed by atoms with E-state index in [1.165, 1.54) is 18.0 Å². The zero-order valence-corrected chi connectivity index (χ0v) is 15.6. The highest BCUT2D eigenvalue weighted by Gasteiger charge is 2.21. The molecule has 0 heterocycles. The summed E-state index contributed by atoms with van der Waals surface area (Å²) in [5.74, 6) is -0.450. The third-order valence-electron chi connectivity index (χ3n) is 3.56. The second-order valence-electron chi connectivity index (χ2n) is 5.33. The van der Waals surface area contributed by atoms with Gasteiger partial charge in [-0.05, 0) is 36.5 Å². The molecule has 0 saturated carbocycles. The normalized spacial score (nSPS) is 12.0. The number of amides is 1. The van der Waals surface area contributed by atoms with Gasteiger partial charge in [-0.25, -0.2) is 4.79 Å². The van der Waals surface area contributed by atoms with E-state index in [1.54, 1.807) is 13.2 Å². The van der Waals surface area contributed by atoms with Gasteiger partial charge in [0.25, 0.3) is 5.91 Å². The Labute approximate surface area is 157 Å². The van der Waals surface area contributed by atoms with Crippen LogP contribution >= 0.6 is 11.8 Å². The predicted molar refractivity (Wildman–Crippen MR) is 101 cm³/mol. The Bertz CT molecular complexity index is 685. The van der Waals surface area contributed by atoms with Crippen molar-refractivity contribution in [1.29, 1.82) is 5.26 Å². The van der Waals surface area contributed by atoms with Gasteiger partial charge in [-0.15, -0.1) is 0 Å². The molecule has 8 heteroatoms. The summed E-state index contributed by atoms with van der Waals surface area (Å²) in [6, 6.07) is 8.35. The Balaban J connectivity index is 2.59. The quantitative estimate of drug-likeness (QED) is 0.305. The summed E-state index contributed by atoms with van der Waals surface area (Å²) < 4.78 is 5.26. The van der Waals surface area contributed by atoms with Crippen LogP contribution in [0.1, 0.15) is 12.0 Å². The molecule has 0 aliphatic carbocycles. The van der Waals surface area contributed by atoms with Gasteiger partial charge in [0.15, 0.2) is 0 Å². The van der Waals surface area contributed by atoms with Crippen molar-refractivity contribution in [3.63, 3.8) is 0 Å². The maximum Gasteiger partial charge on any atom is 0.326 e. The summed E-state index contributed by atoms with van der Waals surface area (Å²) in [5.41, 5.74) is 0.835. The number of methoxy groups -OCH3 is 1. The van der Waals surface area contributed by atoms with Crippen LogP contribution < -0.4 is 15.4 Å². The van der Waals surface area contributed by atoms with Crippen LogP contribution in [0.5, 0.6) is 5.75 Å². The van der Waals surface area contributed by atoms with E-state index in [9.17, 15) is 9.59 Å². The van der Waals surface area contributed by atoms with E-state index in [4.69, 9.17) is 15.1 Å². The molecular formula is C18H23N3O4S. The molecule has 0 saturated heterocycles. The first-order valence-electron chi connectivity index (χ1n) is 8.01. The molecular weight excluding hydrogens is 354 g/mol. The van der Waals surface area contributed by atoms with Gasteiger partial charge in [0.1, 0.15) is 23.4 Å². The average molecular weight is 377 g/mol. The first-order valence-corrected chi connectivity index (χ1v) is 9.41. The van der Waals surface area contributed by atoms with E-state index in [1.807, 2.05) is 30.5 Å². The topological polar surface area (TPSA) is 111 Å². The standard InChI is InChI=1S/C18H23N3O4S/c1-25-16-6-4-3-5-13(16)7-9-20-12-14(11-19)17(22)21-15(18(23)24)8-10-26-2/h3-6,12,15,20H,7-10H2,1-2H3,(H,21,22)(H,23,24)/b14-12-. The minimum Gasteiger partial charge on any atom is -0.496 e. The van der Waals surface area contributed by atoms with Crippen molar-refractivity contribution in [2.24, 2.45) is 0 Å². The smallest absolute Gasteiger partial charge is 0.326 e. The van der Waals surface area contributed by atoms with E-state index in [0.717, 1.165) is 11.3 Å². The Hall–Kier alpha value is -2.66. The number of rotatable bonds is 11. The van der Waals surface area contributed by atoms with Gasteiger partial charge in [-0.1, -0.05) is 18.2 Å². The molecule has 0 fully saturated rings. The summed E-state index contributed by atoms with van der Waals surface area (Å²) in [6.07, 6.45) is 4.10. The van der Waals surface area contributed by atoms with E-state index in [2.05, 4.69) is 10.6 Å². The van der Waals surface area contributed by atoms with Crippen molar-refractivity contribution >= 4 is 23.6 Å². The molecule has 1 aromatic carbocycles. The fraction of sp³-hybridized carbons (Fsp3) is 0.389. The lowest BCUT2D eigenvalue weighted by molar-refractivity contribution is -0.141. The molecule has 0 aromatic heterocycles. The Morgan fingerprint density at radius 3 is 2.77 bits per heavy atom. The molecule has 0 aliphatic heterocycles. The molecule has 26 heavy (non-hydrogen) atoms. The van der Waals surface area contributed by atoms with Crippen LogP contribution in [0.4, 0.5) is 0 Å². The number of nitrogens with zero attached hydrogens (tertiary/aromatic N) is 1. The number of para-hydroxylation sites is 1. The maximum absolute atomic E-state index is 12.1. The second kappa shape index (κ2) is 11.8. The van der Waals surface area contributed by atoms with Crippen LogP contribution in [0.3, 0.4) is 0 Å². The zero-order valence-electron chi connectivity index (χ0n) is 14.8. The number of nitriles is 1. The Kier molecular flexibility index (Phi) is 9.72. The van der Waals surface area contributed by atoms with Crippen LogP contribution in [0.2, 0.25) is 0 Å². The van der Waals surface area contributed by atoms with Gasteiger partial charge in [0.05, 0.1) is 7.11 Å². The molecule has 1 amide bonds. The molecule has 1 rings (SSSR count). The minimum absolute atomic E-state index is 0.166. The summed E-state index contributed by atoms with van der Waals surface area (Å²) in [6.45, 7) is 0.494. The third-order valence-corrected chi connectivity index (χ3v) is 4.20. The highest BCUT2D eigenvalue weighted by molar-refractivity contribution is 7.98. The molecule has 0 radical (unpaired) electrons. The lowest BCUT2D eigenvalue weighted by Crippen LogP contribution is -2.41. The van der Waals surface area contributed by atoms with Crippen LogP contribution in [-0.4, -0.2) is 48.7 Å². The highest BCUT2D eigenvalue weighted by Crippen LogP contribution is 2.17. The highest BCUT2D eigenvalue weighted by atomic mass is 32.2. The fourth-order valence-electron chi connectivity index (χ4n) is 2.17.